The van der Waals surface area contributed by atoms with Gasteiger partial charge in [-0.1, -0.05) is 12.2 Å². The first-order chi connectivity index (χ1) is 5.81. The molecule has 0 unspecified atom stereocenters. The maximum atomic E-state index is 11.6. The molecule has 1 spiro atoms. The highest BCUT2D eigenvalue weighted by Crippen LogP contribution is 2.55. The molecule has 1 aliphatic heterocycles. The SMILES string of the molecule is O=C1NCC[C@]12C[C@@H]1C=C[C@H]2C1. The minimum Gasteiger partial charge on any atom is -0.356 e. The van der Waals surface area contributed by atoms with Gasteiger partial charge < -0.3 is 5.32 Å². The van der Waals surface area contributed by atoms with E-state index in [4.69, 9.17) is 0 Å². The monoisotopic (exact) mass is 163 g/mol. The number of hydrogen-bond acceptors (Lipinski definition) is 1. The van der Waals surface area contributed by atoms with E-state index in [1.54, 1.807) is 0 Å². The van der Waals surface area contributed by atoms with Crippen LogP contribution >= 0.6 is 0 Å². The van der Waals surface area contributed by atoms with E-state index in [0.29, 0.717) is 17.7 Å². The summed E-state index contributed by atoms with van der Waals surface area (Å²) in [5, 5.41) is 2.96. The molecule has 1 saturated heterocycles. The second-order valence-electron chi connectivity index (χ2n) is 4.35. The summed E-state index contributed by atoms with van der Waals surface area (Å²) in [7, 11) is 0. The molecule has 2 aliphatic carbocycles. The Balaban J connectivity index is 2.02. The van der Waals surface area contributed by atoms with Gasteiger partial charge in [0.05, 0.1) is 5.41 Å². The van der Waals surface area contributed by atoms with Crippen molar-refractivity contribution < 1.29 is 4.79 Å². The quantitative estimate of drug-likeness (QED) is 0.532. The Morgan fingerprint density at radius 1 is 1.50 bits per heavy atom. The Kier molecular flexibility index (Phi) is 1.07. The molecule has 1 heterocycles. The van der Waals surface area contributed by atoms with Crippen LogP contribution in [0.4, 0.5) is 0 Å². The summed E-state index contributed by atoms with van der Waals surface area (Å²) in [6.45, 7) is 0.899. The molecular formula is C10H13NO. The second-order valence-corrected chi connectivity index (χ2v) is 4.35. The van der Waals surface area contributed by atoms with Gasteiger partial charge in [-0.2, -0.15) is 0 Å². The molecule has 2 heteroatoms. The summed E-state index contributed by atoms with van der Waals surface area (Å²) in [5.41, 5.74) is 0.0272. The number of carbonyl (C=O) groups excluding carboxylic acids is 1. The van der Waals surface area contributed by atoms with E-state index in [0.717, 1.165) is 19.4 Å². The third kappa shape index (κ3) is 0.598. The van der Waals surface area contributed by atoms with Gasteiger partial charge in [0.15, 0.2) is 0 Å². The van der Waals surface area contributed by atoms with Crippen molar-refractivity contribution in [2.24, 2.45) is 17.3 Å². The van der Waals surface area contributed by atoms with Crippen molar-refractivity contribution in [2.75, 3.05) is 6.54 Å². The molecule has 0 aromatic carbocycles. The minimum atomic E-state index is 0.0272. The third-order valence-electron chi connectivity index (χ3n) is 3.82. The molecule has 0 aromatic heterocycles. The zero-order valence-electron chi connectivity index (χ0n) is 7.05. The number of nitrogens with one attached hydrogen (secondary N) is 1. The van der Waals surface area contributed by atoms with Crippen LogP contribution in [0.2, 0.25) is 0 Å². The minimum absolute atomic E-state index is 0.0272. The van der Waals surface area contributed by atoms with E-state index in [-0.39, 0.29) is 5.41 Å². The molecule has 2 nitrogen and oxygen atoms in total. The van der Waals surface area contributed by atoms with Crippen LogP contribution in [0.1, 0.15) is 19.3 Å². The van der Waals surface area contributed by atoms with Crippen molar-refractivity contribution in [1.82, 2.24) is 5.32 Å². The molecule has 1 N–H and O–H groups in total. The van der Waals surface area contributed by atoms with Gasteiger partial charge in [0, 0.05) is 6.54 Å². The van der Waals surface area contributed by atoms with E-state index in [2.05, 4.69) is 17.5 Å². The van der Waals surface area contributed by atoms with Gasteiger partial charge in [-0.3, -0.25) is 4.79 Å². The van der Waals surface area contributed by atoms with Crippen LogP contribution in [-0.2, 0) is 4.79 Å². The molecule has 2 bridgehead atoms. The van der Waals surface area contributed by atoms with Crippen LogP contribution in [0, 0.1) is 17.3 Å². The molecule has 3 aliphatic rings. The highest BCUT2D eigenvalue weighted by molar-refractivity contribution is 5.86. The smallest absolute Gasteiger partial charge is 0.226 e. The number of fused-ring (bicyclic) bond motifs is 3. The van der Waals surface area contributed by atoms with E-state index in [9.17, 15) is 4.79 Å². The van der Waals surface area contributed by atoms with E-state index in [1.807, 2.05) is 0 Å². The van der Waals surface area contributed by atoms with Crippen molar-refractivity contribution in [3.8, 4) is 0 Å². The fourth-order valence-electron chi connectivity index (χ4n) is 3.19. The average molecular weight is 163 g/mol. The number of hydrogen-bond donors (Lipinski definition) is 1. The van der Waals surface area contributed by atoms with Gasteiger partial charge in [0.2, 0.25) is 5.91 Å². The lowest BCUT2D eigenvalue weighted by atomic mass is 9.74. The van der Waals surface area contributed by atoms with Crippen molar-refractivity contribution >= 4 is 5.91 Å². The molecule has 1 amide bonds. The average Bonchev–Trinajstić information content (AvgIpc) is 2.69. The lowest BCUT2D eigenvalue weighted by molar-refractivity contribution is -0.128. The van der Waals surface area contributed by atoms with Crippen molar-refractivity contribution in [3.63, 3.8) is 0 Å². The van der Waals surface area contributed by atoms with Gasteiger partial charge in [0.1, 0.15) is 0 Å². The lowest BCUT2D eigenvalue weighted by Gasteiger charge is -2.27. The molecule has 64 valence electrons. The zero-order chi connectivity index (χ0) is 8.18. The van der Waals surface area contributed by atoms with Crippen LogP contribution < -0.4 is 5.32 Å². The molecule has 1 saturated carbocycles. The predicted molar refractivity (Wildman–Crippen MR) is 45.4 cm³/mol. The maximum Gasteiger partial charge on any atom is 0.226 e. The molecule has 3 atom stereocenters. The van der Waals surface area contributed by atoms with Crippen molar-refractivity contribution in [3.05, 3.63) is 12.2 Å². The zero-order valence-corrected chi connectivity index (χ0v) is 7.05. The summed E-state index contributed by atoms with van der Waals surface area (Å²) in [6, 6.07) is 0. The topological polar surface area (TPSA) is 29.1 Å². The van der Waals surface area contributed by atoms with Gasteiger partial charge >= 0.3 is 0 Å². The summed E-state index contributed by atoms with van der Waals surface area (Å²) in [4.78, 5) is 11.6. The van der Waals surface area contributed by atoms with E-state index in [1.165, 1.54) is 6.42 Å². The number of allylic oxidation sites excluding steroid dienone is 2. The summed E-state index contributed by atoms with van der Waals surface area (Å²) in [6.07, 6.45) is 7.96. The standard InChI is InChI=1S/C10H13NO/c12-9-10(3-4-11-9)6-7-1-2-8(10)5-7/h1-2,7-8H,3-6H2,(H,11,12)/t7-,8+,10-/m1/s1. The molecule has 2 fully saturated rings. The second kappa shape index (κ2) is 1.93. The Bertz CT molecular complexity index is 271. The predicted octanol–water partition coefficient (Wildman–Crippen LogP) is 1.09. The Morgan fingerprint density at radius 3 is 2.92 bits per heavy atom. The fraction of sp³-hybridized carbons (Fsp3) is 0.700. The Hall–Kier alpha value is -0.790. The first-order valence-electron chi connectivity index (χ1n) is 4.78. The Labute approximate surface area is 72.0 Å². The van der Waals surface area contributed by atoms with Gasteiger partial charge in [-0.25, -0.2) is 0 Å². The van der Waals surface area contributed by atoms with Crippen LogP contribution in [0.25, 0.3) is 0 Å². The number of amides is 1. The van der Waals surface area contributed by atoms with Crippen molar-refractivity contribution in [2.45, 2.75) is 19.3 Å². The first kappa shape index (κ1) is 6.70. The summed E-state index contributed by atoms with van der Waals surface area (Å²) in [5.74, 6) is 1.59. The summed E-state index contributed by atoms with van der Waals surface area (Å²) >= 11 is 0. The van der Waals surface area contributed by atoms with Crippen LogP contribution in [0.5, 0.6) is 0 Å². The lowest BCUT2D eigenvalue weighted by Crippen LogP contribution is -2.34. The van der Waals surface area contributed by atoms with Crippen LogP contribution in [0.3, 0.4) is 0 Å². The molecular weight excluding hydrogens is 150 g/mol. The van der Waals surface area contributed by atoms with Crippen LogP contribution in [0.15, 0.2) is 12.2 Å². The number of rotatable bonds is 0. The van der Waals surface area contributed by atoms with Gasteiger partial charge in [-0.15, -0.1) is 0 Å². The summed E-state index contributed by atoms with van der Waals surface area (Å²) < 4.78 is 0. The highest BCUT2D eigenvalue weighted by atomic mass is 16.2. The Morgan fingerprint density at radius 2 is 2.42 bits per heavy atom. The highest BCUT2D eigenvalue weighted by Gasteiger charge is 2.54. The van der Waals surface area contributed by atoms with Crippen LogP contribution in [-0.4, -0.2) is 12.5 Å². The fourth-order valence-corrected chi connectivity index (χ4v) is 3.19. The van der Waals surface area contributed by atoms with Gasteiger partial charge in [-0.05, 0) is 31.1 Å². The molecule has 12 heavy (non-hydrogen) atoms. The van der Waals surface area contributed by atoms with Crippen molar-refractivity contribution in [1.29, 1.82) is 0 Å². The normalized spacial score (nSPS) is 49.2. The number of carbonyl (C=O) groups is 1. The molecule has 0 aromatic rings. The van der Waals surface area contributed by atoms with Gasteiger partial charge in [0.25, 0.3) is 0 Å². The molecule has 3 rings (SSSR count). The largest absolute Gasteiger partial charge is 0.356 e. The van der Waals surface area contributed by atoms with E-state index >= 15 is 0 Å². The van der Waals surface area contributed by atoms with E-state index < -0.39 is 0 Å². The first-order valence-corrected chi connectivity index (χ1v) is 4.78. The third-order valence-corrected chi connectivity index (χ3v) is 3.82. The maximum absolute atomic E-state index is 11.6. The molecule has 0 radical (unpaired) electrons.